The van der Waals surface area contributed by atoms with E-state index in [-0.39, 0.29) is 11.4 Å². The van der Waals surface area contributed by atoms with Gasteiger partial charge in [0.15, 0.2) is 0 Å². The molecule has 1 spiro atoms. The van der Waals surface area contributed by atoms with Crippen molar-refractivity contribution >= 4 is 33.2 Å². The van der Waals surface area contributed by atoms with E-state index in [9.17, 15) is 4.79 Å². The Morgan fingerprint density at radius 3 is 2.72 bits per heavy atom. The third-order valence-electron chi connectivity index (χ3n) is 4.17. The molecule has 1 aromatic carbocycles. The van der Waals surface area contributed by atoms with Crippen molar-refractivity contribution in [1.29, 1.82) is 0 Å². The fraction of sp³-hybridized carbons (Fsp3) is 0.500. The molecule has 1 saturated carbocycles. The van der Waals surface area contributed by atoms with E-state index >= 15 is 0 Å². The summed E-state index contributed by atoms with van der Waals surface area (Å²) in [5, 5.41) is 6.52. The monoisotopic (exact) mass is 308 g/mol. The first-order valence-corrected chi connectivity index (χ1v) is 7.28. The number of benzene rings is 1. The molecule has 1 aliphatic carbocycles. The average Bonchev–Trinajstić information content (AvgIpc) is 2.35. The Morgan fingerprint density at radius 2 is 2.00 bits per heavy atom. The Morgan fingerprint density at radius 1 is 1.28 bits per heavy atom. The molecule has 0 radical (unpaired) electrons. The van der Waals surface area contributed by atoms with Gasteiger partial charge in [-0.15, -0.1) is 0 Å². The molecule has 18 heavy (non-hydrogen) atoms. The number of nitrogens with one attached hydrogen (secondary N) is 2. The lowest BCUT2D eigenvalue weighted by molar-refractivity contribution is -0.121. The van der Waals surface area contributed by atoms with Gasteiger partial charge in [0.2, 0.25) is 5.91 Å². The summed E-state index contributed by atoms with van der Waals surface area (Å²) < 4.78 is 0.983. The Bertz CT molecular complexity index is 493. The van der Waals surface area contributed by atoms with Gasteiger partial charge in [-0.05, 0) is 49.8 Å². The predicted molar refractivity (Wildman–Crippen MR) is 76.8 cm³/mol. The lowest BCUT2D eigenvalue weighted by Crippen LogP contribution is -2.54. The zero-order valence-corrected chi connectivity index (χ0v) is 12.0. The number of rotatable bonds is 0. The molecule has 0 saturated heterocycles. The summed E-state index contributed by atoms with van der Waals surface area (Å²) in [6.07, 6.45) is 4.09. The summed E-state index contributed by atoms with van der Waals surface area (Å²) in [6.45, 7) is 2.26. The van der Waals surface area contributed by atoms with E-state index in [0.29, 0.717) is 0 Å². The van der Waals surface area contributed by atoms with E-state index in [1.807, 2.05) is 18.2 Å². The molecule has 2 N–H and O–H groups in total. The van der Waals surface area contributed by atoms with Crippen LogP contribution in [0.4, 0.5) is 11.4 Å². The van der Waals surface area contributed by atoms with Gasteiger partial charge in [0.05, 0.1) is 11.4 Å². The molecule has 0 aromatic heterocycles. The minimum absolute atomic E-state index is 0.125. The van der Waals surface area contributed by atoms with Crippen LogP contribution in [0, 0.1) is 5.92 Å². The van der Waals surface area contributed by atoms with Crippen LogP contribution in [0.1, 0.15) is 32.6 Å². The molecule has 96 valence electrons. The fourth-order valence-corrected chi connectivity index (χ4v) is 3.25. The molecule has 1 heterocycles. The highest BCUT2D eigenvalue weighted by molar-refractivity contribution is 9.10. The second-order valence-corrected chi connectivity index (χ2v) is 6.45. The second-order valence-electron chi connectivity index (χ2n) is 5.53. The van der Waals surface area contributed by atoms with Crippen LogP contribution in [0.15, 0.2) is 22.7 Å². The molecule has 0 atom stereocenters. The van der Waals surface area contributed by atoms with E-state index in [4.69, 9.17) is 0 Å². The SMILES string of the molecule is CC1CCC2(CC1)Nc1ccc(Br)cc1NC2=O. The smallest absolute Gasteiger partial charge is 0.250 e. The lowest BCUT2D eigenvalue weighted by Gasteiger charge is -2.42. The van der Waals surface area contributed by atoms with Crippen LogP contribution < -0.4 is 10.6 Å². The van der Waals surface area contributed by atoms with E-state index in [1.54, 1.807) is 0 Å². The molecule has 1 fully saturated rings. The predicted octanol–water partition coefficient (Wildman–Crippen LogP) is 3.76. The summed E-state index contributed by atoms with van der Waals surface area (Å²) in [7, 11) is 0. The van der Waals surface area contributed by atoms with Crippen LogP contribution in [0.2, 0.25) is 0 Å². The van der Waals surface area contributed by atoms with E-state index < -0.39 is 0 Å². The molecule has 1 aromatic rings. The second kappa shape index (κ2) is 4.26. The van der Waals surface area contributed by atoms with Crippen molar-refractivity contribution in [2.24, 2.45) is 5.92 Å². The van der Waals surface area contributed by atoms with E-state index in [1.165, 1.54) is 0 Å². The van der Waals surface area contributed by atoms with Gasteiger partial charge in [-0.1, -0.05) is 22.9 Å². The summed E-state index contributed by atoms with van der Waals surface area (Å²) in [6, 6.07) is 5.97. The van der Waals surface area contributed by atoms with Crippen LogP contribution in [0.25, 0.3) is 0 Å². The van der Waals surface area contributed by atoms with Gasteiger partial charge < -0.3 is 10.6 Å². The van der Waals surface area contributed by atoms with Crippen molar-refractivity contribution in [2.75, 3.05) is 10.6 Å². The first kappa shape index (κ1) is 12.0. The molecule has 1 amide bonds. The molecule has 0 unspecified atom stereocenters. The highest BCUT2D eigenvalue weighted by Crippen LogP contribution is 2.41. The van der Waals surface area contributed by atoms with Crippen molar-refractivity contribution in [2.45, 2.75) is 38.1 Å². The fourth-order valence-electron chi connectivity index (χ4n) is 2.89. The van der Waals surface area contributed by atoms with Crippen LogP contribution in [0.5, 0.6) is 0 Å². The first-order chi connectivity index (χ1) is 8.59. The summed E-state index contributed by atoms with van der Waals surface area (Å²) in [5.74, 6) is 0.858. The van der Waals surface area contributed by atoms with Crippen molar-refractivity contribution < 1.29 is 4.79 Å². The van der Waals surface area contributed by atoms with Crippen LogP contribution in [-0.4, -0.2) is 11.4 Å². The normalized spacial score (nSPS) is 30.6. The van der Waals surface area contributed by atoms with Crippen LogP contribution >= 0.6 is 15.9 Å². The number of halogens is 1. The highest BCUT2D eigenvalue weighted by atomic mass is 79.9. The molecule has 2 aliphatic rings. The van der Waals surface area contributed by atoms with Gasteiger partial charge in [0.25, 0.3) is 0 Å². The molecule has 1 aliphatic heterocycles. The third-order valence-corrected chi connectivity index (χ3v) is 4.66. The van der Waals surface area contributed by atoms with E-state index in [0.717, 1.165) is 47.4 Å². The van der Waals surface area contributed by atoms with E-state index in [2.05, 4.69) is 33.5 Å². The Kier molecular flexibility index (Phi) is 2.85. The molecular formula is C14H17BrN2O. The van der Waals surface area contributed by atoms with Crippen molar-refractivity contribution in [3.05, 3.63) is 22.7 Å². The number of hydrogen-bond acceptors (Lipinski definition) is 2. The van der Waals surface area contributed by atoms with Gasteiger partial charge in [-0.3, -0.25) is 4.79 Å². The number of hydrogen-bond donors (Lipinski definition) is 2. The zero-order chi connectivity index (χ0) is 12.8. The number of carbonyl (C=O) groups excluding carboxylic acids is 1. The minimum atomic E-state index is -0.382. The number of carbonyl (C=O) groups is 1. The van der Waals surface area contributed by atoms with Gasteiger partial charge in [-0.2, -0.15) is 0 Å². The maximum Gasteiger partial charge on any atom is 0.250 e. The van der Waals surface area contributed by atoms with Gasteiger partial charge in [0.1, 0.15) is 5.54 Å². The van der Waals surface area contributed by atoms with Gasteiger partial charge >= 0.3 is 0 Å². The van der Waals surface area contributed by atoms with Crippen LogP contribution in [0.3, 0.4) is 0 Å². The number of anilines is 2. The first-order valence-electron chi connectivity index (χ1n) is 6.48. The number of fused-ring (bicyclic) bond motifs is 1. The molecule has 0 bridgehead atoms. The molecule has 3 nitrogen and oxygen atoms in total. The Hall–Kier alpha value is -1.03. The standard InChI is InChI=1S/C14H17BrN2O/c1-9-4-6-14(7-5-9)13(18)16-12-8-10(15)2-3-11(12)17-14/h2-3,8-9,17H,4-7H2,1H3,(H,16,18). The highest BCUT2D eigenvalue weighted by Gasteiger charge is 2.43. The molecule has 4 heteroatoms. The number of amides is 1. The topological polar surface area (TPSA) is 41.1 Å². The summed E-state index contributed by atoms with van der Waals surface area (Å²) in [5.41, 5.74) is 1.53. The largest absolute Gasteiger partial charge is 0.370 e. The Balaban J connectivity index is 1.92. The lowest BCUT2D eigenvalue weighted by atomic mass is 9.75. The molecular weight excluding hydrogens is 292 g/mol. The minimum Gasteiger partial charge on any atom is -0.370 e. The third kappa shape index (κ3) is 1.92. The zero-order valence-electron chi connectivity index (χ0n) is 10.4. The van der Waals surface area contributed by atoms with Gasteiger partial charge in [-0.25, -0.2) is 0 Å². The van der Waals surface area contributed by atoms with Crippen molar-refractivity contribution in [3.8, 4) is 0 Å². The average molecular weight is 309 g/mol. The quantitative estimate of drug-likeness (QED) is 0.766. The van der Waals surface area contributed by atoms with Gasteiger partial charge in [0, 0.05) is 4.47 Å². The summed E-state index contributed by atoms with van der Waals surface area (Å²) >= 11 is 3.43. The molecule has 3 rings (SSSR count). The maximum atomic E-state index is 12.4. The summed E-state index contributed by atoms with van der Waals surface area (Å²) in [4.78, 5) is 12.4. The Labute approximate surface area is 115 Å². The van der Waals surface area contributed by atoms with Crippen molar-refractivity contribution in [1.82, 2.24) is 0 Å². The maximum absolute atomic E-state index is 12.4. The van der Waals surface area contributed by atoms with Crippen LogP contribution in [-0.2, 0) is 4.79 Å². The van der Waals surface area contributed by atoms with Crippen molar-refractivity contribution in [3.63, 3.8) is 0 Å².